The van der Waals surface area contributed by atoms with Crippen LogP contribution in [0.4, 0.5) is 11.5 Å². The maximum atomic E-state index is 5.29. The summed E-state index contributed by atoms with van der Waals surface area (Å²) in [6.07, 6.45) is 1.57. The Labute approximate surface area is 127 Å². The predicted octanol–water partition coefficient (Wildman–Crippen LogP) is 3.86. The van der Waals surface area contributed by atoms with Crippen LogP contribution >= 0.6 is 0 Å². The molecule has 22 heavy (non-hydrogen) atoms. The van der Waals surface area contributed by atoms with E-state index in [1.807, 2.05) is 48.5 Å². The molecular weight excluding hydrogens is 276 g/mol. The molecule has 0 aliphatic carbocycles. The normalized spacial score (nSPS) is 11.0. The molecule has 0 unspecified atom stereocenters. The van der Waals surface area contributed by atoms with Gasteiger partial charge in [-0.1, -0.05) is 18.2 Å². The van der Waals surface area contributed by atoms with Gasteiger partial charge in [-0.15, -0.1) is 0 Å². The first-order valence-electron chi connectivity index (χ1n) is 6.97. The lowest BCUT2D eigenvalue weighted by Gasteiger charge is -2.05. The van der Waals surface area contributed by atoms with Crippen LogP contribution in [0.1, 0.15) is 0 Å². The van der Waals surface area contributed by atoms with Crippen molar-refractivity contribution in [3.63, 3.8) is 0 Å². The number of anilines is 2. The molecule has 0 amide bonds. The fourth-order valence-electron chi connectivity index (χ4n) is 2.55. The molecule has 4 aromatic rings. The van der Waals surface area contributed by atoms with Gasteiger partial charge in [0, 0.05) is 16.6 Å². The standard InChI is InChI=1S/C17H14N4O/c1-22-12-7-8-14-13(9-12)15-16(21-14)17(19-10-18-15)20-11-5-3-2-4-6-11/h2-10,21H,1H3,(H,18,19,20). The van der Waals surface area contributed by atoms with E-state index in [2.05, 4.69) is 20.3 Å². The Hall–Kier alpha value is -3.08. The van der Waals surface area contributed by atoms with Crippen molar-refractivity contribution < 1.29 is 4.74 Å². The number of methoxy groups -OCH3 is 1. The summed E-state index contributed by atoms with van der Waals surface area (Å²) in [6.45, 7) is 0. The van der Waals surface area contributed by atoms with E-state index in [0.717, 1.165) is 39.2 Å². The number of nitrogens with zero attached hydrogens (tertiary/aromatic N) is 2. The van der Waals surface area contributed by atoms with Crippen LogP contribution in [0.5, 0.6) is 5.75 Å². The lowest BCUT2D eigenvalue weighted by Crippen LogP contribution is -1.95. The molecule has 5 nitrogen and oxygen atoms in total. The highest BCUT2D eigenvalue weighted by Gasteiger charge is 2.11. The largest absolute Gasteiger partial charge is 0.497 e. The van der Waals surface area contributed by atoms with Gasteiger partial charge in [-0.3, -0.25) is 0 Å². The van der Waals surface area contributed by atoms with E-state index < -0.39 is 0 Å². The lowest BCUT2D eigenvalue weighted by atomic mass is 10.2. The van der Waals surface area contributed by atoms with Crippen molar-refractivity contribution in [1.29, 1.82) is 0 Å². The quantitative estimate of drug-likeness (QED) is 0.601. The average molecular weight is 290 g/mol. The zero-order valence-electron chi connectivity index (χ0n) is 12.0. The van der Waals surface area contributed by atoms with Gasteiger partial charge in [0.1, 0.15) is 23.1 Å². The second-order valence-corrected chi connectivity index (χ2v) is 4.97. The molecule has 0 aliphatic heterocycles. The average Bonchev–Trinajstić information content (AvgIpc) is 2.95. The van der Waals surface area contributed by atoms with Gasteiger partial charge in [0.2, 0.25) is 0 Å². The number of hydrogen-bond acceptors (Lipinski definition) is 4. The summed E-state index contributed by atoms with van der Waals surface area (Å²) in [4.78, 5) is 12.1. The highest BCUT2D eigenvalue weighted by atomic mass is 16.5. The number of aromatic nitrogens is 3. The van der Waals surface area contributed by atoms with Crippen LogP contribution in [0.15, 0.2) is 54.9 Å². The summed E-state index contributed by atoms with van der Waals surface area (Å²) >= 11 is 0. The molecule has 0 aliphatic rings. The molecule has 4 rings (SSSR count). The van der Waals surface area contributed by atoms with Gasteiger partial charge in [-0.05, 0) is 30.3 Å². The molecule has 5 heteroatoms. The van der Waals surface area contributed by atoms with Crippen molar-refractivity contribution in [2.24, 2.45) is 0 Å². The smallest absolute Gasteiger partial charge is 0.158 e. The van der Waals surface area contributed by atoms with Crippen molar-refractivity contribution in [2.45, 2.75) is 0 Å². The molecule has 0 saturated heterocycles. The lowest BCUT2D eigenvalue weighted by molar-refractivity contribution is 0.415. The van der Waals surface area contributed by atoms with E-state index in [9.17, 15) is 0 Å². The summed E-state index contributed by atoms with van der Waals surface area (Å²) in [6, 6.07) is 15.8. The first-order valence-corrected chi connectivity index (χ1v) is 6.97. The topological polar surface area (TPSA) is 62.8 Å². The maximum Gasteiger partial charge on any atom is 0.158 e. The number of fused-ring (bicyclic) bond motifs is 3. The number of aromatic amines is 1. The van der Waals surface area contributed by atoms with Crippen molar-refractivity contribution in [3.8, 4) is 5.75 Å². The summed E-state index contributed by atoms with van der Waals surface area (Å²) in [5, 5.41) is 4.34. The van der Waals surface area contributed by atoms with E-state index in [-0.39, 0.29) is 0 Å². The summed E-state index contributed by atoms with van der Waals surface area (Å²) < 4.78 is 5.29. The predicted molar refractivity (Wildman–Crippen MR) is 87.7 cm³/mol. The number of para-hydroxylation sites is 1. The third-order valence-electron chi connectivity index (χ3n) is 3.63. The molecule has 0 bridgehead atoms. The van der Waals surface area contributed by atoms with Gasteiger partial charge >= 0.3 is 0 Å². The third-order valence-corrected chi connectivity index (χ3v) is 3.63. The summed E-state index contributed by atoms with van der Waals surface area (Å²) in [5.41, 5.74) is 3.75. The Morgan fingerprint density at radius 3 is 2.73 bits per heavy atom. The zero-order valence-corrected chi connectivity index (χ0v) is 12.0. The fourth-order valence-corrected chi connectivity index (χ4v) is 2.55. The van der Waals surface area contributed by atoms with Gasteiger partial charge in [0.05, 0.1) is 7.11 Å². The SMILES string of the molecule is COc1ccc2[nH]c3c(Nc4ccccc4)ncnc3c2c1. The van der Waals surface area contributed by atoms with Crippen molar-refractivity contribution in [2.75, 3.05) is 12.4 Å². The second kappa shape index (κ2) is 5.04. The maximum absolute atomic E-state index is 5.29. The molecule has 0 saturated carbocycles. The van der Waals surface area contributed by atoms with Crippen molar-refractivity contribution >= 4 is 33.4 Å². The molecule has 2 aromatic carbocycles. The number of ether oxygens (including phenoxy) is 1. The number of hydrogen-bond donors (Lipinski definition) is 2. The van der Waals surface area contributed by atoms with E-state index in [0.29, 0.717) is 0 Å². The van der Waals surface area contributed by atoms with Gasteiger partial charge in [0.25, 0.3) is 0 Å². The van der Waals surface area contributed by atoms with Crippen LogP contribution in [0.3, 0.4) is 0 Å². The van der Waals surface area contributed by atoms with Crippen LogP contribution in [0, 0.1) is 0 Å². The summed E-state index contributed by atoms with van der Waals surface area (Å²) in [5.74, 6) is 1.57. The molecular formula is C17H14N4O. The second-order valence-electron chi connectivity index (χ2n) is 4.97. The third kappa shape index (κ3) is 2.03. The first-order chi connectivity index (χ1) is 10.8. The molecule has 2 N–H and O–H groups in total. The molecule has 108 valence electrons. The first kappa shape index (κ1) is 12.6. The van der Waals surface area contributed by atoms with E-state index in [4.69, 9.17) is 4.74 Å². The minimum Gasteiger partial charge on any atom is -0.497 e. The molecule has 0 radical (unpaired) electrons. The number of nitrogens with one attached hydrogen (secondary N) is 2. The highest BCUT2D eigenvalue weighted by Crippen LogP contribution is 2.30. The number of H-pyrrole nitrogens is 1. The highest BCUT2D eigenvalue weighted by molar-refractivity contribution is 6.08. The Kier molecular flexibility index (Phi) is 2.89. The Morgan fingerprint density at radius 1 is 1.05 bits per heavy atom. The van der Waals surface area contributed by atoms with Gasteiger partial charge in [-0.25, -0.2) is 9.97 Å². The van der Waals surface area contributed by atoms with Crippen LogP contribution in [-0.4, -0.2) is 22.1 Å². The Morgan fingerprint density at radius 2 is 1.91 bits per heavy atom. The molecule has 2 aromatic heterocycles. The van der Waals surface area contributed by atoms with Crippen LogP contribution in [0.25, 0.3) is 21.9 Å². The van der Waals surface area contributed by atoms with Gasteiger partial charge < -0.3 is 15.0 Å². The molecule has 0 atom stereocenters. The van der Waals surface area contributed by atoms with Crippen LogP contribution < -0.4 is 10.1 Å². The molecule has 2 heterocycles. The molecule has 0 fully saturated rings. The van der Waals surface area contributed by atoms with Crippen molar-refractivity contribution in [1.82, 2.24) is 15.0 Å². The Bertz CT molecular complexity index is 947. The van der Waals surface area contributed by atoms with Gasteiger partial charge in [0.15, 0.2) is 5.82 Å². The minimum atomic E-state index is 0.756. The van der Waals surface area contributed by atoms with Gasteiger partial charge in [-0.2, -0.15) is 0 Å². The van der Waals surface area contributed by atoms with E-state index in [1.54, 1.807) is 13.4 Å². The monoisotopic (exact) mass is 290 g/mol. The Balaban J connectivity index is 1.89. The van der Waals surface area contributed by atoms with Crippen molar-refractivity contribution in [3.05, 3.63) is 54.9 Å². The zero-order chi connectivity index (χ0) is 14.9. The van der Waals surface area contributed by atoms with E-state index in [1.165, 1.54) is 0 Å². The number of benzene rings is 2. The minimum absolute atomic E-state index is 0.756. The van der Waals surface area contributed by atoms with Crippen LogP contribution in [-0.2, 0) is 0 Å². The van der Waals surface area contributed by atoms with Crippen LogP contribution in [0.2, 0.25) is 0 Å². The molecule has 0 spiro atoms. The summed E-state index contributed by atoms with van der Waals surface area (Å²) in [7, 11) is 1.66. The number of rotatable bonds is 3. The van der Waals surface area contributed by atoms with E-state index >= 15 is 0 Å². The fraction of sp³-hybridized carbons (Fsp3) is 0.0588.